The molecular weight excluding hydrogens is 396 g/mol. The first kappa shape index (κ1) is 20.3. The van der Waals surface area contributed by atoms with Crippen LogP contribution >= 0.6 is 0 Å². The molecule has 2 aromatic carbocycles. The number of benzene rings is 2. The van der Waals surface area contributed by atoms with Crippen LogP contribution in [0.4, 0.5) is 0 Å². The number of amides is 1. The van der Waals surface area contributed by atoms with Gasteiger partial charge in [-0.15, -0.1) is 0 Å². The van der Waals surface area contributed by atoms with Crippen molar-refractivity contribution in [2.75, 3.05) is 18.1 Å². The summed E-state index contributed by atoms with van der Waals surface area (Å²) in [6.45, 7) is 2.60. The van der Waals surface area contributed by atoms with Crippen LogP contribution in [0.15, 0.2) is 85.3 Å². The Morgan fingerprint density at radius 2 is 1.72 bits per heavy atom. The van der Waals surface area contributed by atoms with Gasteiger partial charge in [0.05, 0.1) is 5.52 Å². The first-order valence-corrected chi connectivity index (χ1v) is 11.3. The van der Waals surface area contributed by atoms with Gasteiger partial charge in [0.2, 0.25) is 0 Å². The topological polar surface area (TPSA) is 50.2 Å². The highest BCUT2D eigenvalue weighted by Crippen LogP contribution is 2.24. The maximum Gasteiger partial charge on any atom is 0.251 e. The number of fused-ring (bicyclic) bond motifs is 1. The number of carbonyl (C=O) groups excluding carboxylic acids is 1. The van der Waals surface area contributed by atoms with E-state index in [0.717, 1.165) is 35.5 Å². The SMILES string of the molecule is O=C(NCc1ccncc1)c1ccc2c(ccn2N2CCC(Cc3ccccc3)CC2)c1. The van der Waals surface area contributed by atoms with Crippen LogP contribution in [0.3, 0.4) is 0 Å². The number of pyridine rings is 1. The molecule has 32 heavy (non-hydrogen) atoms. The third-order valence-electron chi connectivity index (χ3n) is 6.40. The van der Waals surface area contributed by atoms with E-state index < -0.39 is 0 Å². The molecule has 162 valence electrons. The molecule has 0 saturated carbocycles. The van der Waals surface area contributed by atoms with Gasteiger partial charge in [0.15, 0.2) is 0 Å². The summed E-state index contributed by atoms with van der Waals surface area (Å²) in [5.74, 6) is 0.685. The lowest BCUT2D eigenvalue weighted by Gasteiger charge is -2.34. The minimum absolute atomic E-state index is 0.0572. The highest BCUT2D eigenvalue weighted by atomic mass is 16.1. The molecule has 1 aliphatic rings. The lowest BCUT2D eigenvalue weighted by molar-refractivity contribution is 0.0951. The molecule has 0 aliphatic carbocycles. The summed E-state index contributed by atoms with van der Waals surface area (Å²) in [5, 5.41) is 6.51. The third kappa shape index (κ3) is 4.52. The Kier molecular flexibility index (Phi) is 5.88. The van der Waals surface area contributed by atoms with Gasteiger partial charge >= 0.3 is 0 Å². The Bertz CT molecular complexity index is 1180. The fourth-order valence-electron chi connectivity index (χ4n) is 4.59. The summed E-state index contributed by atoms with van der Waals surface area (Å²) >= 11 is 0. The van der Waals surface area contributed by atoms with E-state index in [1.807, 2.05) is 24.3 Å². The lowest BCUT2D eigenvalue weighted by Crippen LogP contribution is -2.41. The highest BCUT2D eigenvalue weighted by molar-refractivity contribution is 5.98. The van der Waals surface area contributed by atoms with Crippen LogP contribution in [-0.2, 0) is 13.0 Å². The van der Waals surface area contributed by atoms with Gasteiger partial charge in [-0.05, 0) is 72.7 Å². The Morgan fingerprint density at radius 3 is 2.50 bits per heavy atom. The molecule has 1 N–H and O–H groups in total. The smallest absolute Gasteiger partial charge is 0.251 e. The van der Waals surface area contributed by atoms with E-state index in [-0.39, 0.29) is 5.91 Å². The van der Waals surface area contributed by atoms with Crippen molar-refractivity contribution in [2.24, 2.45) is 5.92 Å². The molecule has 0 spiro atoms. The summed E-state index contributed by atoms with van der Waals surface area (Å²) in [6.07, 6.45) is 9.16. The zero-order valence-corrected chi connectivity index (χ0v) is 18.2. The van der Waals surface area contributed by atoms with E-state index in [4.69, 9.17) is 0 Å². The van der Waals surface area contributed by atoms with Crippen LogP contribution in [-0.4, -0.2) is 28.7 Å². The molecule has 0 bridgehead atoms. The molecular formula is C27H28N4O. The summed E-state index contributed by atoms with van der Waals surface area (Å²) in [7, 11) is 0. The molecule has 1 saturated heterocycles. The van der Waals surface area contributed by atoms with Crippen LogP contribution in [0.5, 0.6) is 0 Å². The van der Waals surface area contributed by atoms with Crippen molar-refractivity contribution in [3.8, 4) is 0 Å². The summed E-state index contributed by atoms with van der Waals surface area (Å²) in [4.78, 5) is 16.6. The van der Waals surface area contributed by atoms with Crippen molar-refractivity contribution in [3.05, 3.63) is 102 Å². The molecule has 5 nitrogen and oxygen atoms in total. The number of piperidine rings is 1. The Balaban J connectivity index is 1.22. The molecule has 0 atom stereocenters. The fraction of sp³-hybridized carbons (Fsp3) is 0.259. The van der Waals surface area contributed by atoms with Gasteiger partial charge in [-0.25, -0.2) is 0 Å². The maximum atomic E-state index is 12.6. The molecule has 1 amide bonds. The second-order valence-electron chi connectivity index (χ2n) is 8.56. The predicted molar refractivity (Wildman–Crippen MR) is 128 cm³/mol. The van der Waals surface area contributed by atoms with Crippen LogP contribution in [0.25, 0.3) is 10.9 Å². The van der Waals surface area contributed by atoms with E-state index in [9.17, 15) is 4.79 Å². The minimum atomic E-state index is -0.0572. The van der Waals surface area contributed by atoms with E-state index in [1.165, 1.54) is 24.8 Å². The fourth-order valence-corrected chi connectivity index (χ4v) is 4.59. The quantitative estimate of drug-likeness (QED) is 0.494. The van der Waals surface area contributed by atoms with Crippen LogP contribution in [0.2, 0.25) is 0 Å². The molecule has 2 aromatic heterocycles. The van der Waals surface area contributed by atoms with Gasteiger partial charge in [-0.3, -0.25) is 14.5 Å². The monoisotopic (exact) mass is 424 g/mol. The van der Waals surface area contributed by atoms with Crippen molar-refractivity contribution in [2.45, 2.75) is 25.8 Å². The summed E-state index contributed by atoms with van der Waals surface area (Å²) < 4.78 is 2.26. The van der Waals surface area contributed by atoms with Gasteiger partial charge < -0.3 is 10.3 Å². The highest BCUT2D eigenvalue weighted by Gasteiger charge is 2.21. The molecule has 5 heteroatoms. The largest absolute Gasteiger partial charge is 0.348 e. The maximum absolute atomic E-state index is 12.6. The summed E-state index contributed by atoms with van der Waals surface area (Å²) in [6, 6.07) is 22.7. The van der Waals surface area contributed by atoms with Crippen molar-refractivity contribution in [1.82, 2.24) is 15.0 Å². The van der Waals surface area contributed by atoms with Gasteiger partial charge in [0.1, 0.15) is 0 Å². The van der Waals surface area contributed by atoms with Crippen molar-refractivity contribution in [3.63, 3.8) is 0 Å². The number of nitrogens with zero attached hydrogens (tertiary/aromatic N) is 3. The first-order chi connectivity index (χ1) is 15.8. The number of rotatable bonds is 6. The minimum Gasteiger partial charge on any atom is -0.348 e. The van der Waals surface area contributed by atoms with E-state index in [2.05, 4.69) is 68.6 Å². The number of nitrogens with one attached hydrogen (secondary N) is 1. The van der Waals surface area contributed by atoms with Gasteiger partial charge in [-0.2, -0.15) is 0 Å². The standard InChI is InChI=1S/C27H28N4O/c32-27(29-20-23-8-13-28-14-9-23)25-6-7-26-24(19-25)12-17-31(26)30-15-10-22(11-16-30)18-21-4-2-1-3-5-21/h1-9,12-14,17,19,22H,10-11,15-16,18,20H2,(H,29,32). The summed E-state index contributed by atoms with van der Waals surface area (Å²) in [5.41, 5.74) is 4.31. The van der Waals surface area contributed by atoms with Gasteiger partial charge in [0.25, 0.3) is 5.91 Å². The van der Waals surface area contributed by atoms with Gasteiger partial charge in [-0.1, -0.05) is 30.3 Å². The Labute approximate surface area is 188 Å². The van der Waals surface area contributed by atoms with Crippen molar-refractivity contribution in [1.29, 1.82) is 0 Å². The number of aromatic nitrogens is 2. The molecule has 4 aromatic rings. The van der Waals surface area contributed by atoms with E-state index in [1.54, 1.807) is 12.4 Å². The average molecular weight is 425 g/mol. The molecule has 0 radical (unpaired) electrons. The average Bonchev–Trinajstić information content (AvgIpc) is 3.28. The Hall–Kier alpha value is -3.60. The zero-order chi connectivity index (χ0) is 21.8. The molecule has 5 rings (SSSR count). The lowest BCUT2D eigenvalue weighted by atomic mass is 9.91. The predicted octanol–water partition coefficient (Wildman–Crippen LogP) is 4.56. The van der Waals surface area contributed by atoms with Crippen molar-refractivity contribution < 1.29 is 4.79 Å². The van der Waals surface area contributed by atoms with Crippen LogP contribution in [0.1, 0.15) is 34.3 Å². The number of hydrogen-bond donors (Lipinski definition) is 1. The van der Waals surface area contributed by atoms with E-state index >= 15 is 0 Å². The first-order valence-electron chi connectivity index (χ1n) is 11.3. The number of carbonyl (C=O) groups is 1. The zero-order valence-electron chi connectivity index (χ0n) is 18.2. The van der Waals surface area contributed by atoms with Gasteiger partial charge in [0, 0.05) is 49.2 Å². The molecule has 0 unspecified atom stereocenters. The Morgan fingerprint density at radius 1 is 0.938 bits per heavy atom. The third-order valence-corrected chi connectivity index (χ3v) is 6.40. The number of hydrogen-bond acceptors (Lipinski definition) is 3. The second-order valence-corrected chi connectivity index (χ2v) is 8.56. The van der Waals surface area contributed by atoms with E-state index in [0.29, 0.717) is 12.1 Å². The molecule has 3 heterocycles. The van der Waals surface area contributed by atoms with Crippen molar-refractivity contribution >= 4 is 16.8 Å². The molecule has 1 aliphatic heterocycles. The molecule has 1 fully saturated rings. The normalized spacial score (nSPS) is 14.6. The second kappa shape index (κ2) is 9.27. The van der Waals surface area contributed by atoms with Crippen LogP contribution < -0.4 is 10.3 Å². The van der Waals surface area contributed by atoms with Crippen LogP contribution in [0, 0.1) is 5.92 Å².